The molecule has 104 valence electrons. The monoisotopic (exact) mass is 279 g/mol. The van der Waals surface area contributed by atoms with Crippen LogP contribution in [0.15, 0.2) is 17.7 Å². The summed E-state index contributed by atoms with van der Waals surface area (Å²) >= 11 is 6.01. The molecule has 0 amide bonds. The Morgan fingerprint density at radius 3 is 2.89 bits per heavy atom. The molecule has 1 aliphatic carbocycles. The van der Waals surface area contributed by atoms with Crippen LogP contribution in [0.3, 0.4) is 0 Å². The SMILES string of the molecule is CCCc1cc(Cl)nc(NCCC2=CCCCC2)n1. The van der Waals surface area contributed by atoms with E-state index in [0.29, 0.717) is 11.1 Å². The highest BCUT2D eigenvalue weighted by molar-refractivity contribution is 6.29. The lowest BCUT2D eigenvalue weighted by Gasteiger charge is -2.13. The Balaban J connectivity index is 1.86. The second kappa shape index (κ2) is 7.49. The Bertz CT molecular complexity index is 443. The summed E-state index contributed by atoms with van der Waals surface area (Å²) in [5.74, 6) is 0.660. The van der Waals surface area contributed by atoms with Gasteiger partial charge in [0.05, 0.1) is 0 Å². The largest absolute Gasteiger partial charge is 0.354 e. The van der Waals surface area contributed by atoms with Crippen LogP contribution in [-0.4, -0.2) is 16.5 Å². The lowest BCUT2D eigenvalue weighted by Crippen LogP contribution is -2.08. The van der Waals surface area contributed by atoms with Crippen molar-refractivity contribution in [2.45, 2.75) is 51.9 Å². The number of hydrogen-bond acceptors (Lipinski definition) is 3. The molecular formula is C15H22ClN3. The molecule has 0 unspecified atom stereocenters. The van der Waals surface area contributed by atoms with E-state index in [9.17, 15) is 0 Å². The lowest BCUT2D eigenvalue weighted by molar-refractivity contribution is 0.679. The third-order valence-electron chi connectivity index (χ3n) is 3.37. The van der Waals surface area contributed by atoms with E-state index >= 15 is 0 Å². The minimum absolute atomic E-state index is 0.526. The van der Waals surface area contributed by atoms with Crippen LogP contribution in [0.2, 0.25) is 5.15 Å². The van der Waals surface area contributed by atoms with Crippen molar-refractivity contribution in [2.75, 3.05) is 11.9 Å². The van der Waals surface area contributed by atoms with E-state index in [1.807, 2.05) is 6.07 Å². The predicted molar refractivity (Wildman–Crippen MR) is 80.7 cm³/mol. The van der Waals surface area contributed by atoms with Crippen LogP contribution in [0.5, 0.6) is 0 Å². The average molecular weight is 280 g/mol. The maximum Gasteiger partial charge on any atom is 0.224 e. The van der Waals surface area contributed by atoms with Crippen molar-refractivity contribution in [1.82, 2.24) is 9.97 Å². The van der Waals surface area contributed by atoms with E-state index in [2.05, 4.69) is 28.3 Å². The highest BCUT2D eigenvalue weighted by Crippen LogP contribution is 2.20. The molecule has 19 heavy (non-hydrogen) atoms. The fourth-order valence-corrected chi connectivity index (χ4v) is 2.60. The first-order valence-electron chi connectivity index (χ1n) is 7.23. The van der Waals surface area contributed by atoms with Crippen LogP contribution in [0.1, 0.15) is 51.1 Å². The van der Waals surface area contributed by atoms with E-state index in [1.54, 1.807) is 5.57 Å². The highest BCUT2D eigenvalue weighted by atomic mass is 35.5. The van der Waals surface area contributed by atoms with Gasteiger partial charge in [0.25, 0.3) is 0 Å². The van der Waals surface area contributed by atoms with Gasteiger partial charge in [-0.15, -0.1) is 0 Å². The third kappa shape index (κ3) is 4.83. The van der Waals surface area contributed by atoms with Gasteiger partial charge < -0.3 is 5.32 Å². The molecule has 0 saturated heterocycles. The highest BCUT2D eigenvalue weighted by Gasteiger charge is 2.05. The number of halogens is 1. The first-order chi connectivity index (χ1) is 9.28. The minimum Gasteiger partial charge on any atom is -0.354 e. The van der Waals surface area contributed by atoms with Crippen molar-refractivity contribution in [3.8, 4) is 0 Å². The molecule has 0 aromatic carbocycles. The molecule has 2 rings (SSSR count). The summed E-state index contributed by atoms with van der Waals surface area (Å²) in [7, 11) is 0. The molecular weight excluding hydrogens is 258 g/mol. The molecule has 0 bridgehead atoms. The molecule has 0 fully saturated rings. The Morgan fingerprint density at radius 2 is 2.16 bits per heavy atom. The molecule has 1 heterocycles. The first-order valence-corrected chi connectivity index (χ1v) is 7.61. The van der Waals surface area contributed by atoms with E-state index in [0.717, 1.165) is 31.5 Å². The maximum absolute atomic E-state index is 6.01. The maximum atomic E-state index is 6.01. The summed E-state index contributed by atoms with van der Waals surface area (Å²) in [5.41, 5.74) is 2.58. The van der Waals surface area contributed by atoms with Gasteiger partial charge in [-0.25, -0.2) is 9.97 Å². The summed E-state index contributed by atoms with van der Waals surface area (Å²) in [5, 5.41) is 3.81. The molecule has 0 atom stereocenters. The predicted octanol–water partition coefficient (Wildman–Crippen LogP) is 4.38. The Labute approximate surface area is 120 Å². The molecule has 0 radical (unpaired) electrons. The van der Waals surface area contributed by atoms with E-state index in [1.165, 1.54) is 25.7 Å². The Kier molecular flexibility index (Phi) is 5.64. The van der Waals surface area contributed by atoms with Crippen LogP contribution in [0.4, 0.5) is 5.95 Å². The van der Waals surface area contributed by atoms with Crippen molar-refractivity contribution in [1.29, 1.82) is 0 Å². The van der Waals surface area contributed by atoms with Gasteiger partial charge in [0.1, 0.15) is 5.15 Å². The first kappa shape index (κ1) is 14.3. The summed E-state index contributed by atoms with van der Waals surface area (Å²) in [6, 6.07) is 1.85. The van der Waals surface area contributed by atoms with Crippen LogP contribution in [0, 0.1) is 0 Å². The second-order valence-corrected chi connectivity index (χ2v) is 5.43. The van der Waals surface area contributed by atoms with Crippen LogP contribution >= 0.6 is 11.6 Å². The van der Waals surface area contributed by atoms with Gasteiger partial charge in [-0.2, -0.15) is 0 Å². The van der Waals surface area contributed by atoms with E-state index in [4.69, 9.17) is 11.6 Å². The number of hydrogen-bond donors (Lipinski definition) is 1. The quantitative estimate of drug-likeness (QED) is 0.620. The van der Waals surface area contributed by atoms with Crippen LogP contribution in [-0.2, 0) is 6.42 Å². The van der Waals surface area contributed by atoms with E-state index < -0.39 is 0 Å². The molecule has 0 saturated carbocycles. The summed E-state index contributed by atoms with van der Waals surface area (Å²) in [6.07, 6.45) is 10.6. The number of aromatic nitrogens is 2. The summed E-state index contributed by atoms with van der Waals surface area (Å²) in [6.45, 7) is 3.02. The third-order valence-corrected chi connectivity index (χ3v) is 3.56. The fraction of sp³-hybridized carbons (Fsp3) is 0.600. The fourth-order valence-electron chi connectivity index (χ4n) is 2.39. The molecule has 4 heteroatoms. The average Bonchev–Trinajstić information content (AvgIpc) is 2.40. The minimum atomic E-state index is 0.526. The van der Waals surface area contributed by atoms with Crippen LogP contribution in [0.25, 0.3) is 0 Å². The molecule has 1 N–H and O–H groups in total. The zero-order chi connectivity index (χ0) is 13.5. The van der Waals surface area contributed by atoms with Crippen molar-refractivity contribution in [2.24, 2.45) is 0 Å². The number of aryl methyl sites for hydroxylation is 1. The van der Waals surface area contributed by atoms with Crippen LogP contribution < -0.4 is 5.32 Å². The van der Waals surface area contributed by atoms with E-state index in [-0.39, 0.29) is 0 Å². The van der Waals surface area contributed by atoms with Crippen molar-refractivity contribution in [3.63, 3.8) is 0 Å². The van der Waals surface area contributed by atoms with Gasteiger partial charge in [-0.3, -0.25) is 0 Å². The molecule has 1 aromatic rings. The van der Waals surface area contributed by atoms with Gasteiger partial charge in [0.15, 0.2) is 0 Å². The number of anilines is 1. The second-order valence-electron chi connectivity index (χ2n) is 5.04. The molecule has 3 nitrogen and oxygen atoms in total. The Morgan fingerprint density at radius 1 is 1.26 bits per heavy atom. The number of allylic oxidation sites excluding steroid dienone is 1. The van der Waals surface area contributed by atoms with Crippen molar-refractivity contribution >= 4 is 17.5 Å². The van der Waals surface area contributed by atoms with Crippen molar-refractivity contribution < 1.29 is 0 Å². The summed E-state index contributed by atoms with van der Waals surface area (Å²) in [4.78, 5) is 8.70. The smallest absolute Gasteiger partial charge is 0.224 e. The zero-order valence-electron chi connectivity index (χ0n) is 11.6. The van der Waals surface area contributed by atoms with Gasteiger partial charge in [-0.05, 0) is 44.6 Å². The topological polar surface area (TPSA) is 37.8 Å². The molecule has 1 aliphatic rings. The van der Waals surface area contributed by atoms with Gasteiger partial charge in [0.2, 0.25) is 5.95 Å². The zero-order valence-corrected chi connectivity index (χ0v) is 12.3. The number of nitrogens with one attached hydrogen (secondary N) is 1. The van der Waals surface area contributed by atoms with Gasteiger partial charge in [0, 0.05) is 12.2 Å². The molecule has 1 aromatic heterocycles. The Hall–Kier alpha value is -1.09. The van der Waals surface area contributed by atoms with Gasteiger partial charge >= 0.3 is 0 Å². The molecule has 0 aliphatic heterocycles. The number of nitrogens with zero attached hydrogens (tertiary/aromatic N) is 2. The van der Waals surface area contributed by atoms with Crippen molar-refractivity contribution in [3.05, 3.63) is 28.6 Å². The standard InChI is InChI=1S/C15H22ClN3/c1-2-6-13-11-14(16)19-15(18-13)17-10-9-12-7-4-3-5-8-12/h7,11H,2-6,8-10H2,1H3,(H,17,18,19). The normalized spacial score (nSPS) is 15.2. The number of rotatable bonds is 6. The lowest BCUT2D eigenvalue weighted by atomic mass is 9.97. The van der Waals surface area contributed by atoms with Gasteiger partial charge in [-0.1, -0.05) is 36.6 Å². The molecule has 0 spiro atoms. The summed E-state index contributed by atoms with van der Waals surface area (Å²) < 4.78 is 0.